The number of nitrogens with zero attached hydrogens (tertiary/aromatic N) is 1. The van der Waals surface area contributed by atoms with Gasteiger partial charge in [0.2, 0.25) is 11.8 Å². The molecule has 3 aromatic rings. The Kier molecular flexibility index (Phi) is 10.2. The van der Waals surface area contributed by atoms with Crippen molar-refractivity contribution in [2.24, 2.45) is 0 Å². The molecule has 2 atom stereocenters. The van der Waals surface area contributed by atoms with Gasteiger partial charge in [-0.1, -0.05) is 94.6 Å². The van der Waals surface area contributed by atoms with Crippen LogP contribution in [0, 0.1) is 0 Å². The van der Waals surface area contributed by atoms with E-state index in [1.807, 2.05) is 68.4 Å². The van der Waals surface area contributed by atoms with Crippen LogP contribution in [0.15, 0.2) is 77.3 Å². The number of nitrogens with one attached hydrogen (secondary N) is 1. The molecule has 3 rings (SSSR count). The van der Waals surface area contributed by atoms with E-state index in [-0.39, 0.29) is 24.3 Å². The topological polar surface area (TPSA) is 49.4 Å². The average molecular weight is 576 g/mol. The first-order valence-electron chi connectivity index (χ1n) is 11.6. The van der Waals surface area contributed by atoms with Crippen LogP contribution in [-0.4, -0.2) is 28.8 Å². The molecule has 4 nitrogen and oxygen atoms in total. The summed E-state index contributed by atoms with van der Waals surface area (Å²) in [5.74, 6) is -0.325. The lowest BCUT2D eigenvalue weighted by atomic mass is 10.0. The summed E-state index contributed by atoms with van der Waals surface area (Å²) in [6.07, 6.45) is 1.32. The van der Waals surface area contributed by atoms with Crippen molar-refractivity contribution in [2.45, 2.75) is 51.7 Å². The molecule has 0 saturated heterocycles. The Bertz CT molecular complexity index is 1140. The molecule has 0 aliphatic rings. The summed E-state index contributed by atoms with van der Waals surface area (Å²) < 4.78 is 0.949. The maximum atomic E-state index is 13.7. The largest absolute Gasteiger partial charge is 0.352 e. The Balaban J connectivity index is 1.97. The van der Waals surface area contributed by atoms with Gasteiger partial charge in [0.15, 0.2) is 0 Å². The second-order valence-electron chi connectivity index (χ2n) is 8.60. The third-order valence-corrected chi connectivity index (χ3v) is 7.15. The SMILES string of the molecule is CCC(C)NC(=O)C(Cc1ccccc1)N(Cc1ccc(Br)cc1)C(=O)Cc1ccc(Cl)c(Cl)c1. The molecule has 2 amide bonds. The minimum absolute atomic E-state index is 0.000442. The van der Waals surface area contributed by atoms with E-state index >= 15 is 0 Å². The van der Waals surface area contributed by atoms with Crippen molar-refractivity contribution in [2.75, 3.05) is 0 Å². The fourth-order valence-corrected chi connectivity index (χ4v) is 4.29. The second-order valence-corrected chi connectivity index (χ2v) is 10.3. The number of carbonyl (C=O) groups is 2. The Hall–Kier alpha value is -2.34. The Morgan fingerprint density at radius 2 is 1.57 bits per heavy atom. The maximum absolute atomic E-state index is 13.7. The van der Waals surface area contributed by atoms with E-state index in [1.165, 1.54) is 0 Å². The van der Waals surface area contributed by atoms with Crippen molar-refractivity contribution in [3.05, 3.63) is 104 Å². The second kappa shape index (κ2) is 13.1. The van der Waals surface area contributed by atoms with Crippen LogP contribution in [0.2, 0.25) is 10.0 Å². The Labute approximate surface area is 225 Å². The van der Waals surface area contributed by atoms with Crippen molar-refractivity contribution in [3.63, 3.8) is 0 Å². The van der Waals surface area contributed by atoms with Crippen molar-refractivity contribution in [1.82, 2.24) is 10.2 Å². The van der Waals surface area contributed by atoms with Gasteiger partial charge in [-0.2, -0.15) is 0 Å². The molecule has 0 spiro atoms. The molecule has 0 radical (unpaired) electrons. The standard InChI is InChI=1S/C28H29BrCl2N2O2/c1-3-19(2)32-28(35)26(16-20-7-5-4-6-8-20)33(18-21-9-12-23(29)13-10-21)27(34)17-22-11-14-24(30)25(31)15-22/h4-15,19,26H,3,16-18H2,1-2H3,(H,32,35). The zero-order valence-electron chi connectivity index (χ0n) is 19.8. The van der Waals surface area contributed by atoms with E-state index < -0.39 is 6.04 Å². The monoisotopic (exact) mass is 574 g/mol. The molecule has 184 valence electrons. The number of rotatable bonds is 10. The quantitative estimate of drug-likeness (QED) is 0.287. The molecule has 0 bridgehead atoms. The van der Waals surface area contributed by atoms with E-state index in [9.17, 15) is 9.59 Å². The average Bonchev–Trinajstić information content (AvgIpc) is 2.85. The van der Waals surface area contributed by atoms with Gasteiger partial charge in [0, 0.05) is 23.5 Å². The minimum Gasteiger partial charge on any atom is -0.352 e. The highest BCUT2D eigenvalue weighted by atomic mass is 79.9. The van der Waals surface area contributed by atoms with Crippen LogP contribution in [0.1, 0.15) is 37.0 Å². The molecular weight excluding hydrogens is 547 g/mol. The fourth-order valence-electron chi connectivity index (χ4n) is 3.71. The van der Waals surface area contributed by atoms with E-state index in [0.29, 0.717) is 23.0 Å². The van der Waals surface area contributed by atoms with Gasteiger partial charge < -0.3 is 10.2 Å². The summed E-state index contributed by atoms with van der Waals surface area (Å²) in [4.78, 5) is 28.9. The number of carbonyl (C=O) groups excluding carboxylic acids is 2. The summed E-state index contributed by atoms with van der Waals surface area (Å²) in [7, 11) is 0. The third-order valence-electron chi connectivity index (χ3n) is 5.88. The van der Waals surface area contributed by atoms with Crippen LogP contribution < -0.4 is 5.32 Å². The highest BCUT2D eigenvalue weighted by Crippen LogP contribution is 2.24. The highest BCUT2D eigenvalue weighted by molar-refractivity contribution is 9.10. The molecule has 0 fully saturated rings. The molecule has 1 N–H and O–H groups in total. The molecule has 3 aromatic carbocycles. The number of amides is 2. The van der Waals surface area contributed by atoms with E-state index in [1.54, 1.807) is 23.1 Å². The molecule has 35 heavy (non-hydrogen) atoms. The predicted octanol–water partition coefficient (Wildman–Crippen LogP) is 6.85. The van der Waals surface area contributed by atoms with Crippen LogP contribution >= 0.6 is 39.1 Å². The van der Waals surface area contributed by atoms with Crippen LogP contribution in [0.3, 0.4) is 0 Å². The van der Waals surface area contributed by atoms with Gasteiger partial charge in [-0.05, 0) is 54.3 Å². The summed E-state index contributed by atoms with van der Waals surface area (Å²) in [5, 5.41) is 3.91. The first-order chi connectivity index (χ1) is 16.8. The maximum Gasteiger partial charge on any atom is 0.243 e. The molecule has 2 unspecified atom stereocenters. The van der Waals surface area contributed by atoms with Crippen LogP contribution in [-0.2, 0) is 29.0 Å². The first-order valence-corrected chi connectivity index (χ1v) is 13.1. The van der Waals surface area contributed by atoms with Gasteiger partial charge in [-0.3, -0.25) is 9.59 Å². The van der Waals surface area contributed by atoms with Gasteiger partial charge in [0.25, 0.3) is 0 Å². The predicted molar refractivity (Wildman–Crippen MR) is 147 cm³/mol. The zero-order chi connectivity index (χ0) is 25.4. The third kappa shape index (κ3) is 8.09. The minimum atomic E-state index is -0.676. The zero-order valence-corrected chi connectivity index (χ0v) is 22.9. The summed E-state index contributed by atoms with van der Waals surface area (Å²) >= 11 is 15.7. The normalized spacial score (nSPS) is 12.6. The van der Waals surface area contributed by atoms with E-state index in [4.69, 9.17) is 23.2 Å². The number of halogens is 3. The molecule has 0 aliphatic carbocycles. The number of benzene rings is 3. The van der Waals surface area contributed by atoms with Crippen molar-refractivity contribution in [1.29, 1.82) is 0 Å². The van der Waals surface area contributed by atoms with E-state index in [0.717, 1.165) is 27.6 Å². The number of hydrogen-bond donors (Lipinski definition) is 1. The Morgan fingerprint density at radius 1 is 0.914 bits per heavy atom. The fraction of sp³-hybridized carbons (Fsp3) is 0.286. The smallest absolute Gasteiger partial charge is 0.243 e. The molecular formula is C28H29BrCl2N2O2. The highest BCUT2D eigenvalue weighted by Gasteiger charge is 2.31. The van der Waals surface area contributed by atoms with Crippen molar-refractivity contribution < 1.29 is 9.59 Å². The van der Waals surface area contributed by atoms with Crippen LogP contribution in [0.4, 0.5) is 0 Å². The lowest BCUT2D eigenvalue weighted by Crippen LogP contribution is -2.52. The molecule has 0 aromatic heterocycles. The van der Waals surface area contributed by atoms with Gasteiger partial charge in [0.05, 0.1) is 16.5 Å². The lowest BCUT2D eigenvalue weighted by Gasteiger charge is -2.32. The molecule has 0 aliphatic heterocycles. The summed E-state index contributed by atoms with van der Waals surface area (Å²) in [6.45, 7) is 4.29. The van der Waals surface area contributed by atoms with Gasteiger partial charge in [-0.15, -0.1) is 0 Å². The van der Waals surface area contributed by atoms with Crippen molar-refractivity contribution >= 4 is 50.9 Å². The van der Waals surface area contributed by atoms with Crippen LogP contribution in [0.25, 0.3) is 0 Å². The van der Waals surface area contributed by atoms with Crippen molar-refractivity contribution in [3.8, 4) is 0 Å². The molecule has 0 heterocycles. The molecule has 7 heteroatoms. The Morgan fingerprint density at radius 3 is 2.20 bits per heavy atom. The van der Waals surface area contributed by atoms with Crippen LogP contribution in [0.5, 0.6) is 0 Å². The van der Waals surface area contributed by atoms with Gasteiger partial charge in [0.1, 0.15) is 6.04 Å². The molecule has 0 saturated carbocycles. The lowest BCUT2D eigenvalue weighted by molar-refractivity contribution is -0.141. The van der Waals surface area contributed by atoms with Gasteiger partial charge in [-0.25, -0.2) is 0 Å². The number of hydrogen-bond acceptors (Lipinski definition) is 2. The summed E-state index contributed by atoms with van der Waals surface area (Å²) in [5.41, 5.74) is 2.66. The summed E-state index contributed by atoms with van der Waals surface area (Å²) in [6, 6.07) is 22.0. The van der Waals surface area contributed by atoms with E-state index in [2.05, 4.69) is 21.2 Å². The first kappa shape index (κ1) is 27.3. The van der Waals surface area contributed by atoms with Gasteiger partial charge >= 0.3 is 0 Å².